The molecule has 98 valence electrons. The molecule has 19 heavy (non-hydrogen) atoms. The fourth-order valence-corrected chi connectivity index (χ4v) is 1.97. The zero-order chi connectivity index (χ0) is 13.8. The van der Waals surface area contributed by atoms with E-state index in [1.165, 1.54) is 0 Å². The highest BCUT2D eigenvalue weighted by Crippen LogP contribution is 2.20. The molecule has 0 atom stereocenters. The van der Waals surface area contributed by atoms with E-state index in [1.807, 2.05) is 37.3 Å². The molecular weight excluding hydrogens is 278 g/mol. The highest BCUT2D eigenvalue weighted by molar-refractivity contribution is 7.80. The molecule has 5 heteroatoms. The zero-order valence-electron chi connectivity index (χ0n) is 10.4. The van der Waals surface area contributed by atoms with Crippen molar-refractivity contribution in [3.8, 4) is 0 Å². The van der Waals surface area contributed by atoms with Gasteiger partial charge in [-0.3, -0.25) is 0 Å². The van der Waals surface area contributed by atoms with Crippen LogP contribution in [0.5, 0.6) is 0 Å². The number of halogens is 1. The van der Waals surface area contributed by atoms with Gasteiger partial charge in [0.1, 0.15) is 0 Å². The van der Waals surface area contributed by atoms with E-state index >= 15 is 0 Å². The molecule has 0 unspecified atom stereocenters. The molecule has 0 amide bonds. The molecule has 0 aliphatic carbocycles. The molecule has 0 spiro atoms. The first-order valence-corrected chi connectivity index (χ1v) is 6.53. The Hall–Kier alpha value is -1.78. The van der Waals surface area contributed by atoms with Gasteiger partial charge in [0.05, 0.1) is 11.4 Å². The van der Waals surface area contributed by atoms with Crippen LogP contribution < -0.4 is 16.4 Å². The van der Waals surface area contributed by atoms with Crippen molar-refractivity contribution in [3.05, 3.63) is 53.1 Å². The Balaban J connectivity index is 2.03. The van der Waals surface area contributed by atoms with Gasteiger partial charge in [-0.25, -0.2) is 0 Å². The monoisotopic (exact) mass is 291 g/mol. The molecular formula is C14H14ClN3S. The summed E-state index contributed by atoms with van der Waals surface area (Å²) in [6, 6.07) is 13.1. The molecule has 0 aliphatic rings. The van der Waals surface area contributed by atoms with E-state index in [1.54, 1.807) is 12.1 Å². The topological polar surface area (TPSA) is 50.1 Å². The van der Waals surface area contributed by atoms with Crippen molar-refractivity contribution in [3.63, 3.8) is 0 Å². The van der Waals surface area contributed by atoms with E-state index in [0.29, 0.717) is 15.8 Å². The standard InChI is InChI=1S/C14H14ClN3S/c1-9-2-7-13(12(16)8-9)18-14(19)17-11-5-3-10(15)4-6-11/h2-8H,16H2,1H3,(H2,17,18,19). The normalized spacial score (nSPS) is 10.0. The lowest BCUT2D eigenvalue weighted by Crippen LogP contribution is -2.19. The molecule has 3 nitrogen and oxygen atoms in total. The van der Waals surface area contributed by atoms with Crippen molar-refractivity contribution in [2.24, 2.45) is 0 Å². The summed E-state index contributed by atoms with van der Waals surface area (Å²) < 4.78 is 0. The molecule has 0 aromatic heterocycles. The van der Waals surface area contributed by atoms with Gasteiger partial charge in [0, 0.05) is 10.7 Å². The number of anilines is 3. The maximum Gasteiger partial charge on any atom is 0.175 e. The first kappa shape index (κ1) is 13.6. The van der Waals surface area contributed by atoms with Crippen LogP contribution >= 0.6 is 23.8 Å². The van der Waals surface area contributed by atoms with Crippen LogP contribution in [0.4, 0.5) is 17.1 Å². The number of benzene rings is 2. The average molecular weight is 292 g/mol. The summed E-state index contributed by atoms with van der Waals surface area (Å²) in [4.78, 5) is 0. The van der Waals surface area contributed by atoms with Crippen LogP contribution in [-0.2, 0) is 0 Å². The third kappa shape index (κ3) is 3.84. The van der Waals surface area contributed by atoms with E-state index in [9.17, 15) is 0 Å². The maximum atomic E-state index is 5.92. The van der Waals surface area contributed by atoms with Crippen LogP contribution in [0.2, 0.25) is 5.02 Å². The fourth-order valence-electron chi connectivity index (χ4n) is 1.61. The number of hydrogen-bond acceptors (Lipinski definition) is 2. The molecule has 0 saturated carbocycles. The molecule has 0 aliphatic heterocycles. The number of nitrogens with one attached hydrogen (secondary N) is 2. The number of thiocarbonyl (C=S) groups is 1. The second-order valence-electron chi connectivity index (χ2n) is 4.18. The largest absolute Gasteiger partial charge is 0.397 e. The van der Waals surface area contributed by atoms with E-state index < -0.39 is 0 Å². The molecule has 0 heterocycles. The van der Waals surface area contributed by atoms with E-state index in [2.05, 4.69) is 10.6 Å². The highest BCUT2D eigenvalue weighted by Gasteiger charge is 2.02. The molecule has 0 fully saturated rings. The molecule has 2 rings (SSSR count). The van der Waals surface area contributed by atoms with Gasteiger partial charge in [0.2, 0.25) is 0 Å². The van der Waals surface area contributed by atoms with Crippen LogP contribution in [-0.4, -0.2) is 5.11 Å². The van der Waals surface area contributed by atoms with Crippen molar-refractivity contribution in [2.75, 3.05) is 16.4 Å². The fraction of sp³-hybridized carbons (Fsp3) is 0.0714. The number of rotatable bonds is 2. The third-order valence-electron chi connectivity index (χ3n) is 2.56. The minimum Gasteiger partial charge on any atom is -0.397 e. The van der Waals surface area contributed by atoms with Crippen molar-refractivity contribution < 1.29 is 0 Å². The summed E-state index contributed by atoms with van der Waals surface area (Å²) in [5, 5.41) is 7.30. The number of aryl methyl sites for hydroxylation is 1. The summed E-state index contributed by atoms with van der Waals surface area (Å²) in [6.07, 6.45) is 0. The van der Waals surface area contributed by atoms with Crippen molar-refractivity contribution in [1.82, 2.24) is 0 Å². The van der Waals surface area contributed by atoms with Crippen molar-refractivity contribution in [2.45, 2.75) is 6.92 Å². The number of hydrogen-bond donors (Lipinski definition) is 3. The molecule has 0 radical (unpaired) electrons. The molecule has 2 aromatic carbocycles. The first-order chi connectivity index (χ1) is 9.04. The second kappa shape index (κ2) is 5.91. The van der Waals surface area contributed by atoms with Gasteiger partial charge >= 0.3 is 0 Å². The first-order valence-electron chi connectivity index (χ1n) is 5.74. The van der Waals surface area contributed by atoms with Crippen LogP contribution in [0.3, 0.4) is 0 Å². The van der Waals surface area contributed by atoms with Crippen LogP contribution in [0, 0.1) is 6.92 Å². The summed E-state index contributed by atoms with van der Waals surface area (Å²) >= 11 is 11.1. The Kier molecular flexibility index (Phi) is 4.24. The Morgan fingerprint density at radius 2 is 1.79 bits per heavy atom. The average Bonchev–Trinajstić information content (AvgIpc) is 2.36. The van der Waals surface area contributed by atoms with Crippen molar-refractivity contribution >= 4 is 46.0 Å². The number of nitrogens with two attached hydrogens (primary N) is 1. The van der Waals surface area contributed by atoms with Gasteiger partial charge in [-0.15, -0.1) is 0 Å². The predicted molar refractivity (Wildman–Crippen MR) is 86.9 cm³/mol. The lowest BCUT2D eigenvalue weighted by molar-refractivity contribution is 1.47. The quantitative estimate of drug-likeness (QED) is 0.577. The highest BCUT2D eigenvalue weighted by atomic mass is 35.5. The van der Waals surface area contributed by atoms with E-state index in [0.717, 1.165) is 16.9 Å². The smallest absolute Gasteiger partial charge is 0.175 e. The second-order valence-corrected chi connectivity index (χ2v) is 5.02. The Labute approximate surface area is 122 Å². The van der Waals surface area contributed by atoms with Gasteiger partial charge in [-0.1, -0.05) is 17.7 Å². The van der Waals surface area contributed by atoms with Gasteiger partial charge in [0.15, 0.2) is 5.11 Å². The summed E-state index contributed by atoms with van der Waals surface area (Å²) in [7, 11) is 0. The van der Waals surface area contributed by atoms with E-state index in [-0.39, 0.29) is 0 Å². The minimum atomic E-state index is 0.484. The Morgan fingerprint density at radius 1 is 1.11 bits per heavy atom. The van der Waals surface area contributed by atoms with E-state index in [4.69, 9.17) is 29.6 Å². The zero-order valence-corrected chi connectivity index (χ0v) is 12.0. The SMILES string of the molecule is Cc1ccc(NC(=S)Nc2ccc(Cl)cc2)c(N)c1. The van der Waals surface area contributed by atoms with Gasteiger partial charge in [0.25, 0.3) is 0 Å². The minimum absolute atomic E-state index is 0.484. The molecule has 2 aromatic rings. The lowest BCUT2D eigenvalue weighted by atomic mass is 10.2. The van der Waals surface area contributed by atoms with Gasteiger partial charge < -0.3 is 16.4 Å². The lowest BCUT2D eigenvalue weighted by Gasteiger charge is -2.12. The molecule has 4 N–H and O–H groups in total. The molecule has 0 saturated heterocycles. The Bertz CT molecular complexity index is 596. The van der Waals surface area contributed by atoms with Crippen molar-refractivity contribution in [1.29, 1.82) is 0 Å². The Morgan fingerprint density at radius 3 is 2.42 bits per heavy atom. The van der Waals surface area contributed by atoms with Crippen LogP contribution in [0.15, 0.2) is 42.5 Å². The predicted octanol–water partition coefficient (Wildman–Crippen LogP) is 4.04. The number of nitrogen functional groups attached to an aromatic ring is 1. The van der Waals surface area contributed by atoms with Gasteiger partial charge in [-0.05, 0) is 61.1 Å². The summed E-state index contributed by atoms with van der Waals surface area (Å²) in [5.74, 6) is 0. The maximum absolute atomic E-state index is 5.92. The third-order valence-corrected chi connectivity index (χ3v) is 3.01. The van der Waals surface area contributed by atoms with Crippen LogP contribution in [0.1, 0.15) is 5.56 Å². The van der Waals surface area contributed by atoms with Gasteiger partial charge in [-0.2, -0.15) is 0 Å². The summed E-state index contributed by atoms with van der Waals surface area (Å²) in [6.45, 7) is 1.99. The molecule has 0 bridgehead atoms. The van der Waals surface area contributed by atoms with Crippen LogP contribution in [0.25, 0.3) is 0 Å². The summed E-state index contributed by atoms with van der Waals surface area (Å²) in [5.41, 5.74) is 9.35.